The second-order valence-corrected chi connectivity index (χ2v) is 7.79. The zero-order valence-electron chi connectivity index (χ0n) is 15.2. The quantitative estimate of drug-likeness (QED) is 0.683. The van der Waals surface area contributed by atoms with E-state index in [2.05, 4.69) is 0 Å². The average Bonchev–Trinajstić information content (AvgIpc) is 2.54. The van der Waals surface area contributed by atoms with Crippen LogP contribution in [0.3, 0.4) is 0 Å². The molecule has 2 N–H and O–H groups in total. The van der Waals surface area contributed by atoms with Gasteiger partial charge < -0.3 is 24.9 Å². The van der Waals surface area contributed by atoms with Gasteiger partial charge in [-0.25, -0.2) is 0 Å². The summed E-state index contributed by atoms with van der Waals surface area (Å²) in [4.78, 5) is 10.5. The van der Waals surface area contributed by atoms with Gasteiger partial charge in [0, 0.05) is 23.8 Å². The monoisotopic (exact) mass is 383 g/mol. The summed E-state index contributed by atoms with van der Waals surface area (Å²) in [6.45, 7) is 1.91. The van der Waals surface area contributed by atoms with Crippen molar-refractivity contribution < 1.29 is 24.9 Å². The molecule has 1 aliphatic carbocycles. The van der Waals surface area contributed by atoms with Crippen molar-refractivity contribution in [1.82, 2.24) is 0 Å². The maximum absolute atomic E-state index is 10.5. The van der Waals surface area contributed by atoms with E-state index < -0.39 is 24.6 Å². The first-order valence-electron chi connectivity index (χ1n) is 9.33. The molecule has 6 heteroatoms. The number of aliphatic hydroxyl groups excluding tert-OH is 2. The first-order valence-corrected chi connectivity index (χ1v) is 9.70. The fourth-order valence-corrected chi connectivity index (χ4v) is 3.99. The summed E-state index contributed by atoms with van der Waals surface area (Å²) in [5.41, 5.74) is 1.95. The number of ether oxygens (including phenoxy) is 1. The summed E-state index contributed by atoms with van der Waals surface area (Å²) in [5.74, 6) is 0.0149. The molecule has 2 rings (SSSR count). The Hall–Kier alpha value is -1.30. The van der Waals surface area contributed by atoms with Crippen molar-refractivity contribution in [3.05, 3.63) is 28.3 Å². The molecule has 1 aromatic rings. The van der Waals surface area contributed by atoms with Crippen LogP contribution < -0.4 is 9.84 Å². The molecule has 1 unspecified atom stereocenters. The molecule has 0 aliphatic heterocycles. The fraction of sp³-hybridized carbons (Fsp3) is 0.650. The number of aryl methyl sites for hydroxylation is 1. The van der Waals surface area contributed by atoms with Crippen molar-refractivity contribution in [3.63, 3.8) is 0 Å². The minimum absolute atomic E-state index is 0.00968. The minimum atomic E-state index is -1.34. The number of carboxylic acids is 1. The van der Waals surface area contributed by atoms with E-state index in [1.807, 2.05) is 19.1 Å². The van der Waals surface area contributed by atoms with Crippen LogP contribution in [0.5, 0.6) is 5.75 Å². The minimum Gasteiger partial charge on any atom is -0.550 e. The molecule has 2 atom stereocenters. The predicted molar refractivity (Wildman–Crippen MR) is 98.2 cm³/mol. The normalized spacial score (nSPS) is 17.7. The van der Waals surface area contributed by atoms with E-state index in [-0.39, 0.29) is 13.0 Å². The number of aliphatic carboxylic acids is 1. The Balaban J connectivity index is 1.99. The first kappa shape index (κ1) is 21.0. The van der Waals surface area contributed by atoms with Crippen molar-refractivity contribution >= 4 is 17.6 Å². The van der Waals surface area contributed by atoms with Gasteiger partial charge in [0.25, 0.3) is 0 Å². The van der Waals surface area contributed by atoms with Crippen molar-refractivity contribution in [2.24, 2.45) is 5.92 Å². The molecule has 26 heavy (non-hydrogen) atoms. The molecule has 0 spiro atoms. The van der Waals surface area contributed by atoms with Gasteiger partial charge in [-0.1, -0.05) is 43.7 Å². The van der Waals surface area contributed by atoms with Gasteiger partial charge in [-0.15, -0.1) is 0 Å². The molecular weight excluding hydrogens is 356 g/mol. The van der Waals surface area contributed by atoms with Crippen LogP contribution in [0.15, 0.2) is 12.1 Å². The van der Waals surface area contributed by atoms with Crippen LogP contribution in [0, 0.1) is 12.8 Å². The third kappa shape index (κ3) is 6.78. The highest BCUT2D eigenvalue weighted by atomic mass is 35.5. The lowest BCUT2D eigenvalue weighted by atomic mass is 9.84. The van der Waals surface area contributed by atoms with E-state index in [9.17, 15) is 20.1 Å². The van der Waals surface area contributed by atoms with Crippen LogP contribution in [-0.4, -0.2) is 35.0 Å². The van der Waals surface area contributed by atoms with Crippen LogP contribution in [0.25, 0.3) is 0 Å². The second-order valence-electron chi connectivity index (χ2n) is 7.35. The molecule has 0 saturated heterocycles. The van der Waals surface area contributed by atoms with E-state index in [4.69, 9.17) is 16.3 Å². The SMILES string of the molecule is Cc1cc(Cl)cc(CC2CCCCC2)c1OCC(O)C[C@@H](O)CC(=O)[O-]. The molecule has 0 bridgehead atoms. The Bertz CT molecular complexity index is 598. The molecular formula is C20H28ClO5-. The predicted octanol–water partition coefficient (Wildman–Crippen LogP) is 2.40. The second kappa shape index (κ2) is 10.1. The Morgan fingerprint density at radius 1 is 1.27 bits per heavy atom. The van der Waals surface area contributed by atoms with Crippen LogP contribution in [0.2, 0.25) is 5.02 Å². The number of hydrogen-bond acceptors (Lipinski definition) is 5. The van der Waals surface area contributed by atoms with Gasteiger partial charge in [0.15, 0.2) is 0 Å². The van der Waals surface area contributed by atoms with Crippen molar-refractivity contribution in [3.8, 4) is 5.75 Å². The molecule has 1 aromatic carbocycles. The number of halogens is 1. The smallest absolute Gasteiger partial charge is 0.125 e. The lowest BCUT2D eigenvalue weighted by molar-refractivity contribution is -0.307. The Kier molecular flexibility index (Phi) is 8.19. The molecule has 0 aromatic heterocycles. The highest BCUT2D eigenvalue weighted by Gasteiger charge is 2.19. The summed E-state index contributed by atoms with van der Waals surface area (Å²) < 4.78 is 5.85. The number of carbonyl (C=O) groups excluding carboxylic acids is 1. The third-order valence-electron chi connectivity index (χ3n) is 4.92. The lowest BCUT2D eigenvalue weighted by Crippen LogP contribution is -2.31. The van der Waals surface area contributed by atoms with E-state index in [0.29, 0.717) is 10.9 Å². The maximum Gasteiger partial charge on any atom is 0.125 e. The summed E-state index contributed by atoms with van der Waals surface area (Å²) >= 11 is 6.22. The summed E-state index contributed by atoms with van der Waals surface area (Å²) in [6, 6.07) is 3.76. The van der Waals surface area contributed by atoms with Crippen LogP contribution in [0.1, 0.15) is 56.1 Å². The van der Waals surface area contributed by atoms with Gasteiger partial charge in [-0.3, -0.25) is 0 Å². The van der Waals surface area contributed by atoms with E-state index in [0.717, 1.165) is 23.3 Å². The van der Waals surface area contributed by atoms with Crippen molar-refractivity contribution in [2.75, 3.05) is 6.61 Å². The zero-order valence-corrected chi connectivity index (χ0v) is 16.0. The standard InChI is InChI=1S/C20H29ClO5/c1-13-7-16(21)9-15(8-14-5-3-2-4-6-14)20(13)26-12-18(23)10-17(22)11-19(24)25/h7,9,14,17-18,22-23H,2-6,8,10-12H2,1H3,(H,24,25)/p-1/t17-,18?/m1/s1. The van der Waals surface area contributed by atoms with E-state index in [1.165, 1.54) is 32.1 Å². The largest absolute Gasteiger partial charge is 0.550 e. The van der Waals surface area contributed by atoms with Crippen LogP contribution in [0.4, 0.5) is 0 Å². The lowest BCUT2D eigenvalue weighted by Gasteiger charge is -2.24. The highest BCUT2D eigenvalue weighted by Crippen LogP contribution is 2.34. The van der Waals surface area contributed by atoms with E-state index >= 15 is 0 Å². The summed E-state index contributed by atoms with van der Waals surface area (Å²) in [7, 11) is 0. The number of carbonyl (C=O) groups is 1. The number of aliphatic hydroxyl groups is 2. The van der Waals surface area contributed by atoms with Gasteiger partial charge >= 0.3 is 0 Å². The van der Waals surface area contributed by atoms with Gasteiger partial charge in [0.1, 0.15) is 12.4 Å². The maximum atomic E-state index is 10.5. The zero-order chi connectivity index (χ0) is 19.1. The molecule has 0 amide bonds. The number of rotatable bonds is 9. The number of hydrogen-bond donors (Lipinski definition) is 2. The number of benzene rings is 1. The molecule has 1 aliphatic rings. The fourth-order valence-electron chi connectivity index (χ4n) is 3.70. The van der Waals surface area contributed by atoms with E-state index in [1.54, 1.807) is 0 Å². The summed E-state index contributed by atoms with van der Waals surface area (Å²) in [6.07, 6.45) is 4.47. The van der Waals surface area contributed by atoms with Crippen molar-refractivity contribution in [1.29, 1.82) is 0 Å². The molecule has 0 heterocycles. The van der Waals surface area contributed by atoms with Gasteiger partial charge in [0.2, 0.25) is 0 Å². The van der Waals surface area contributed by atoms with Crippen LogP contribution in [-0.2, 0) is 11.2 Å². The number of carboxylic acid groups (broad SMARTS) is 1. The highest BCUT2D eigenvalue weighted by molar-refractivity contribution is 6.30. The van der Waals surface area contributed by atoms with Crippen molar-refractivity contribution in [2.45, 2.75) is 70.5 Å². The molecule has 1 saturated carbocycles. The van der Waals surface area contributed by atoms with Gasteiger partial charge in [0.05, 0.1) is 12.2 Å². The molecule has 0 radical (unpaired) electrons. The first-order chi connectivity index (χ1) is 12.3. The van der Waals surface area contributed by atoms with Crippen LogP contribution >= 0.6 is 11.6 Å². The third-order valence-corrected chi connectivity index (χ3v) is 5.13. The van der Waals surface area contributed by atoms with Gasteiger partial charge in [-0.05, 0) is 42.5 Å². The summed E-state index contributed by atoms with van der Waals surface area (Å²) in [5, 5.41) is 30.8. The van der Waals surface area contributed by atoms with Gasteiger partial charge in [-0.2, -0.15) is 0 Å². The Labute approximate surface area is 159 Å². The Morgan fingerprint density at radius 3 is 2.62 bits per heavy atom. The molecule has 5 nitrogen and oxygen atoms in total. The molecule has 1 fully saturated rings. The Morgan fingerprint density at radius 2 is 1.96 bits per heavy atom. The average molecular weight is 384 g/mol. The topological polar surface area (TPSA) is 89.8 Å². The molecule has 146 valence electrons.